The summed E-state index contributed by atoms with van der Waals surface area (Å²) in [6.07, 6.45) is -11.0. The average Bonchev–Trinajstić information content (AvgIpc) is 0.926. The van der Waals surface area contributed by atoms with Crippen molar-refractivity contribution in [3.05, 3.63) is 59.7 Å². The van der Waals surface area contributed by atoms with Crippen molar-refractivity contribution in [2.24, 2.45) is 58.0 Å². The first-order valence-corrected chi connectivity index (χ1v) is 46.9. The molecule has 2 aromatic carbocycles. The van der Waals surface area contributed by atoms with E-state index >= 15 is 0 Å². The number of ether oxygens (including phenoxy) is 2. The lowest BCUT2D eigenvalue weighted by molar-refractivity contribution is -0.142. The average molecular weight is 1990 g/mol. The van der Waals surface area contributed by atoms with Crippen molar-refractivity contribution in [2.75, 3.05) is 63.4 Å². The Morgan fingerprint density at radius 2 is 0.775 bits per heavy atom. The Bertz CT molecular complexity index is 4990. The van der Waals surface area contributed by atoms with Crippen molar-refractivity contribution in [1.82, 2.24) is 84.2 Å². The van der Waals surface area contributed by atoms with Gasteiger partial charge in [-0.05, 0) is 135 Å². The number of nitrogens with zero attached hydrogens (tertiary/aromatic N) is 2. The van der Waals surface area contributed by atoms with E-state index in [1.54, 1.807) is 76.2 Å². The largest absolute Gasteiger partial charge is 0.497 e. The molecule has 0 radical (unpaired) electrons. The summed E-state index contributed by atoms with van der Waals surface area (Å²) in [7, 11) is 2.94. The number of amides is 22. The van der Waals surface area contributed by atoms with Gasteiger partial charge in [0.25, 0.3) is 0 Å². The zero-order valence-corrected chi connectivity index (χ0v) is 79.7. The van der Waals surface area contributed by atoms with Gasteiger partial charge in [0.1, 0.15) is 96.0 Å². The SMILES string of the molecule is [2H]C([2H])([2H])C([2H])(C)C([2H])([2H])[C@]([2H])(NC(=O)[C@@H]1CCCN1C(=O)[C@@H]1CSCCCC(=O)N[C@@H](Cc2ccc(OC)cc2)C(=O)N[C@@H]([C@@H](C)CC)C(=O)N[C@@H](CCC(N)=O)C(=O)N[C@@H](CC(N)=O)C(=O)N1)C(=O)NCC(N)=O.[2H]C([2H])([2H])C([2H])(C)C([2H])([2H])[C@]([2H])(NC(=O)[C@@H]1CCCN1C(=O)[C@@H]1CSCCCC(=O)N[C@@H](Cc2ccc(OC)cc2)C(=O)N[C@@H]([C@@H](C)CC)C(=O)N[C@@H](CCC(N)=O)C(=O)N[C@@H](CC(N)=O)C(=O)N1)C(=O)NCC(N)=O. The molecule has 22 amide bonds. The maximum Gasteiger partial charge on any atom is 0.246 e. The third-order valence-electron chi connectivity index (χ3n) is 22.1. The molecule has 4 aliphatic heterocycles. The molecule has 4 fully saturated rings. The third-order valence-corrected chi connectivity index (χ3v) is 24.4. The van der Waals surface area contributed by atoms with Crippen molar-refractivity contribution in [1.29, 1.82) is 0 Å². The quantitative estimate of drug-likeness (QED) is 0.0304. The molecule has 4 saturated heterocycles. The van der Waals surface area contributed by atoms with E-state index in [2.05, 4.69) is 53.2 Å². The third kappa shape index (κ3) is 39.7. The molecule has 4 heterocycles. The van der Waals surface area contributed by atoms with Gasteiger partial charge in [-0.3, -0.25) is 105 Å². The first kappa shape index (κ1) is 94.1. The van der Waals surface area contributed by atoms with Crippen LogP contribution in [-0.2, 0) is 118 Å². The standard InChI is InChI=1S/2C45H69N11O12S/c2*1-6-25(4)38-44(66)51-28(15-16-34(46)57)40(62)52-31(21-35(47)58)41(63)54-32(23-69-18-8-10-37(60)50-30(42(64)55-38)20-26-11-13-27(68-5)14-12-26)45(67)56-17-7-9-33(56)43(65)53-29(19-24(2)3)39(61)49-22-36(48)59/h2*11-14,24-25,28-33,38H,6-10,15-23H2,1-5H3,(H2,46,57)(H2,47,58)(H2,48,59)(H,49,61)(H,50,60)(H,51,66)(H,52,62)(H,53,65)(H,54,63)(H,55,64)/t2*25-,28-,29-,30-,31-,32-,33-,38-/m00/s1/i2*2D3,19D2,24D,29D/t2*24?,25-,28-,29-,30-,31-,32-,33-,38-. The van der Waals surface area contributed by atoms with Crippen LogP contribution in [0.3, 0.4) is 0 Å². The number of likely N-dealkylation sites (tertiary alicyclic amines) is 2. The van der Waals surface area contributed by atoms with Crippen LogP contribution in [0.4, 0.5) is 0 Å². The van der Waals surface area contributed by atoms with Crippen LogP contribution in [0.1, 0.15) is 201 Å². The van der Waals surface area contributed by atoms with Crippen LogP contribution < -0.4 is 118 Å². The summed E-state index contributed by atoms with van der Waals surface area (Å²) in [6, 6.07) is -12.8. The van der Waals surface area contributed by atoms with Crippen molar-refractivity contribution < 1.29 is 134 Å². The van der Waals surface area contributed by atoms with Crippen molar-refractivity contribution in [3.63, 3.8) is 0 Å². The molecule has 2 unspecified atom stereocenters. The Morgan fingerprint density at radius 3 is 1.09 bits per heavy atom. The summed E-state index contributed by atoms with van der Waals surface area (Å²) in [5.74, 6) is -30.8. The van der Waals surface area contributed by atoms with Crippen LogP contribution in [-0.4, -0.2) is 288 Å². The second-order valence-corrected chi connectivity index (χ2v) is 35.4. The van der Waals surface area contributed by atoms with Crippen LogP contribution in [0.2, 0.25) is 0 Å². The van der Waals surface area contributed by atoms with Crippen LogP contribution in [0.5, 0.6) is 11.5 Å². The van der Waals surface area contributed by atoms with Gasteiger partial charge in [0.2, 0.25) is 130 Å². The van der Waals surface area contributed by atoms with E-state index in [4.69, 9.17) is 63.1 Å². The molecule has 6 rings (SSSR count). The fraction of sp³-hybridized carbons (Fsp3) is 0.622. The molecule has 26 N–H and O–H groups in total. The number of nitrogens with one attached hydrogen (secondary N) is 14. The van der Waals surface area contributed by atoms with E-state index in [1.165, 1.54) is 14.2 Å². The molecule has 0 aromatic heterocycles. The summed E-state index contributed by atoms with van der Waals surface area (Å²) < 4.78 is 127. The lowest BCUT2D eigenvalue weighted by atomic mass is 9.96. The molecular formula is C90H138N22O24S2. The van der Waals surface area contributed by atoms with Crippen LogP contribution >= 0.6 is 23.5 Å². The highest BCUT2D eigenvalue weighted by Gasteiger charge is 2.45. The predicted molar refractivity (Wildman–Crippen MR) is 506 cm³/mol. The first-order chi connectivity index (χ1) is 70.6. The maximum atomic E-state index is 14.6. The van der Waals surface area contributed by atoms with E-state index in [-0.39, 0.29) is 100 Å². The number of thioether (sulfide) groups is 2. The minimum absolute atomic E-state index is 0.0424. The zero-order valence-electron chi connectivity index (χ0n) is 92.1. The molecule has 46 nitrogen and oxygen atoms in total. The Labute approximate surface area is 829 Å². The second-order valence-electron chi connectivity index (χ2n) is 33.1. The number of methoxy groups -OCH3 is 2. The molecule has 4 aliphatic rings. The summed E-state index contributed by atoms with van der Waals surface area (Å²) in [5, 5.41) is 32.9. The minimum Gasteiger partial charge on any atom is -0.497 e. The number of nitrogens with two attached hydrogens (primary N) is 6. The van der Waals surface area contributed by atoms with Gasteiger partial charge >= 0.3 is 0 Å². The van der Waals surface area contributed by atoms with Crippen LogP contribution in [0.25, 0.3) is 0 Å². The van der Waals surface area contributed by atoms with Gasteiger partial charge in [-0.2, -0.15) is 23.5 Å². The molecule has 0 bridgehead atoms. The normalized spacial score (nSPS) is 26.3. The molecule has 48 heteroatoms. The topological polar surface area (TPSA) is 725 Å². The van der Waals surface area contributed by atoms with Crippen LogP contribution in [0, 0.1) is 23.6 Å². The predicted octanol–water partition coefficient (Wildman–Crippen LogP) is -5.00. The minimum atomic E-state index is -3.77. The van der Waals surface area contributed by atoms with E-state index in [9.17, 15) is 105 Å². The highest BCUT2D eigenvalue weighted by atomic mass is 32.2. The molecule has 764 valence electrons. The smallest absolute Gasteiger partial charge is 0.246 e. The van der Waals surface area contributed by atoms with Gasteiger partial charge in [0, 0.05) is 79.6 Å². The first-order valence-electron chi connectivity index (χ1n) is 51.6. The van der Waals surface area contributed by atoms with Gasteiger partial charge in [-0.1, -0.05) is 92.4 Å². The van der Waals surface area contributed by atoms with E-state index < -0.39 is 316 Å². The highest BCUT2D eigenvalue weighted by molar-refractivity contribution is 7.99. The van der Waals surface area contributed by atoms with Crippen LogP contribution in [0.15, 0.2) is 48.5 Å². The van der Waals surface area contributed by atoms with Gasteiger partial charge in [-0.25, -0.2) is 0 Å². The van der Waals surface area contributed by atoms with E-state index in [0.29, 0.717) is 49.3 Å². The summed E-state index contributed by atoms with van der Waals surface area (Å²) in [5.41, 5.74) is 33.3. The van der Waals surface area contributed by atoms with Gasteiger partial charge in [-0.15, -0.1) is 0 Å². The Balaban J connectivity index is 0.000000534. The number of hydrogen-bond acceptors (Lipinski definition) is 26. The number of carbonyl (C=O) groups is 22. The number of benzene rings is 2. The van der Waals surface area contributed by atoms with Crippen molar-refractivity contribution in [2.45, 2.75) is 268 Å². The summed E-state index contributed by atoms with van der Waals surface area (Å²) >= 11 is 2.06. The summed E-state index contributed by atoms with van der Waals surface area (Å²) in [4.78, 5) is 299. The number of rotatable bonds is 36. The van der Waals surface area contributed by atoms with E-state index in [1.807, 2.05) is 21.3 Å². The number of carbonyl (C=O) groups excluding carboxylic acids is 22. The molecule has 0 saturated carbocycles. The lowest BCUT2D eigenvalue weighted by Crippen LogP contribution is -2.61. The Morgan fingerprint density at radius 1 is 0.442 bits per heavy atom. The number of primary amides is 6. The highest BCUT2D eigenvalue weighted by Crippen LogP contribution is 2.26. The van der Waals surface area contributed by atoms with Gasteiger partial charge in [0.15, 0.2) is 0 Å². The monoisotopic (exact) mass is 1990 g/mol. The molecule has 0 spiro atoms. The maximum absolute atomic E-state index is 14.6. The fourth-order valence-corrected chi connectivity index (χ4v) is 16.4. The lowest BCUT2D eigenvalue weighted by Gasteiger charge is -2.31. The molecule has 138 heavy (non-hydrogen) atoms. The Kier molecular flexibility index (Phi) is 40.0. The van der Waals surface area contributed by atoms with E-state index in [0.717, 1.165) is 33.3 Å². The van der Waals surface area contributed by atoms with Gasteiger partial charge < -0.3 is 128 Å². The molecule has 2 aromatic rings. The fourth-order valence-electron chi connectivity index (χ4n) is 14.4. The van der Waals surface area contributed by atoms with Crippen molar-refractivity contribution in [3.8, 4) is 11.5 Å². The zero-order chi connectivity index (χ0) is 115. The molecular weight excluding hydrogens is 1840 g/mol. The number of hydrogen-bond donors (Lipinski definition) is 20. The Hall–Kier alpha value is -12.9. The van der Waals surface area contributed by atoms with Crippen molar-refractivity contribution >= 4 is 153 Å². The molecule has 18 atom stereocenters. The second kappa shape index (κ2) is 58.6. The molecule has 0 aliphatic carbocycles. The van der Waals surface area contributed by atoms with Gasteiger partial charge in [0.05, 0.1) is 42.9 Å². The summed E-state index contributed by atoms with van der Waals surface area (Å²) in [6.45, 7) is -1.55.